The van der Waals surface area contributed by atoms with E-state index in [1.807, 2.05) is 18.2 Å². The lowest BCUT2D eigenvalue weighted by molar-refractivity contribution is -0.176. The number of hydrogen-bond acceptors (Lipinski definition) is 4. The number of nitrogens with one attached hydrogen (secondary N) is 1. The molecule has 4 aliphatic rings. The van der Waals surface area contributed by atoms with Crippen LogP contribution in [0.2, 0.25) is 0 Å². The molecule has 2 unspecified atom stereocenters. The van der Waals surface area contributed by atoms with Gasteiger partial charge >= 0.3 is 5.97 Å². The number of para-hydroxylation sites is 1. The first-order valence-corrected chi connectivity index (χ1v) is 10.9. The molecule has 1 aromatic heterocycles. The van der Waals surface area contributed by atoms with E-state index in [9.17, 15) is 14.7 Å². The summed E-state index contributed by atoms with van der Waals surface area (Å²) in [6.07, 6.45) is 8.62. The van der Waals surface area contributed by atoms with Crippen LogP contribution < -0.4 is 0 Å². The van der Waals surface area contributed by atoms with Crippen molar-refractivity contribution in [1.29, 1.82) is 0 Å². The standard InChI is InChI=1S/C24H29NO4/c1-2-17-4-3-5-18-19(12-25-22(17)18)20(26)13-29-21(27)11-23-7-15-6-16(8-23)10-24(28,9-15)14-23/h3-5,12,15-16,25,28H,2,6-11,13-14H2,1H3/t15-,16+,23?,24?. The van der Waals surface area contributed by atoms with E-state index < -0.39 is 5.60 Å². The Morgan fingerprint density at radius 2 is 1.97 bits per heavy atom. The van der Waals surface area contributed by atoms with E-state index in [0.717, 1.165) is 43.0 Å². The number of fused-ring (bicyclic) bond motifs is 1. The maximum absolute atomic E-state index is 12.7. The molecule has 4 aliphatic carbocycles. The molecule has 2 aromatic rings. The van der Waals surface area contributed by atoms with Crippen molar-refractivity contribution in [2.75, 3.05) is 6.61 Å². The van der Waals surface area contributed by atoms with Gasteiger partial charge in [-0.05, 0) is 67.8 Å². The molecule has 4 saturated carbocycles. The molecular formula is C24H29NO4. The monoisotopic (exact) mass is 395 g/mol. The summed E-state index contributed by atoms with van der Waals surface area (Å²) in [5.74, 6) is 0.587. The van der Waals surface area contributed by atoms with Gasteiger partial charge < -0.3 is 14.8 Å². The molecule has 154 valence electrons. The van der Waals surface area contributed by atoms with Crippen molar-refractivity contribution in [2.45, 2.75) is 63.9 Å². The van der Waals surface area contributed by atoms with Crippen molar-refractivity contribution in [3.63, 3.8) is 0 Å². The van der Waals surface area contributed by atoms with Crippen LogP contribution in [0.25, 0.3) is 10.9 Å². The van der Waals surface area contributed by atoms with Gasteiger partial charge in [0, 0.05) is 22.7 Å². The Bertz CT molecular complexity index is 960. The van der Waals surface area contributed by atoms with Crippen molar-refractivity contribution in [1.82, 2.24) is 4.98 Å². The molecule has 0 aliphatic heterocycles. The second kappa shape index (κ2) is 6.69. The molecule has 0 amide bonds. The average Bonchev–Trinajstić information content (AvgIpc) is 3.08. The predicted molar refractivity (Wildman–Crippen MR) is 110 cm³/mol. The maximum atomic E-state index is 12.7. The summed E-state index contributed by atoms with van der Waals surface area (Å²) >= 11 is 0. The minimum Gasteiger partial charge on any atom is -0.457 e. The third-order valence-electron chi connectivity index (χ3n) is 7.52. The van der Waals surface area contributed by atoms with Gasteiger partial charge in [-0.3, -0.25) is 9.59 Å². The lowest BCUT2D eigenvalue weighted by Crippen LogP contribution is -2.56. The number of esters is 1. The molecule has 5 nitrogen and oxygen atoms in total. The lowest BCUT2D eigenvalue weighted by Gasteiger charge is -2.60. The zero-order chi connectivity index (χ0) is 20.2. The van der Waals surface area contributed by atoms with E-state index in [1.54, 1.807) is 6.20 Å². The SMILES string of the molecule is CCc1cccc2c(C(=O)COC(=O)CC34C[C@@H]5C[C@@H](CC(O)(C5)C3)C4)c[nH]c12. The van der Waals surface area contributed by atoms with Crippen LogP contribution >= 0.6 is 0 Å². The maximum Gasteiger partial charge on any atom is 0.306 e. The number of benzene rings is 1. The first-order chi connectivity index (χ1) is 13.9. The van der Waals surface area contributed by atoms with E-state index in [1.165, 1.54) is 12.0 Å². The molecule has 4 fully saturated rings. The number of aromatic amines is 1. The summed E-state index contributed by atoms with van der Waals surface area (Å²) in [5, 5.41) is 11.7. The van der Waals surface area contributed by atoms with Crippen LogP contribution in [0, 0.1) is 17.3 Å². The van der Waals surface area contributed by atoms with Crippen LogP contribution in [0.3, 0.4) is 0 Å². The number of hydrogen-bond donors (Lipinski definition) is 2. The number of aromatic nitrogens is 1. The summed E-state index contributed by atoms with van der Waals surface area (Å²) < 4.78 is 5.42. The normalized spacial score (nSPS) is 32.6. The highest BCUT2D eigenvalue weighted by molar-refractivity contribution is 6.09. The Labute approximate surface area is 170 Å². The number of carbonyl (C=O) groups excluding carboxylic acids is 2. The summed E-state index contributed by atoms with van der Waals surface area (Å²) in [5.41, 5.74) is 2.01. The summed E-state index contributed by atoms with van der Waals surface area (Å²) in [7, 11) is 0. The summed E-state index contributed by atoms with van der Waals surface area (Å²) in [6, 6.07) is 5.93. The van der Waals surface area contributed by atoms with Crippen LogP contribution in [0.15, 0.2) is 24.4 Å². The van der Waals surface area contributed by atoms with E-state index >= 15 is 0 Å². The summed E-state index contributed by atoms with van der Waals surface area (Å²) in [4.78, 5) is 28.5. The van der Waals surface area contributed by atoms with Gasteiger partial charge in [-0.2, -0.15) is 0 Å². The number of aliphatic hydroxyl groups is 1. The van der Waals surface area contributed by atoms with E-state index in [4.69, 9.17) is 4.74 Å². The Balaban J connectivity index is 1.24. The van der Waals surface area contributed by atoms with Crippen LogP contribution in [0.1, 0.15) is 67.8 Å². The van der Waals surface area contributed by atoms with Gasteiger partial charge in [-0.25, -0.2) is 0 Å². The Morgan fingerprint density at radius 1 is 1.21 bits per heavy atom. The fourth-order valence-corrected chi connectivity index (χ4v) is 6.93. The van der Waals surface area contributed by atoms with Gasteiger partial charge in [-0.1, -0.05) is 25.1 Å². The number of ketones is 1. The van der Waals surface area contributed by atoms with Crippen molar-refractivity contribution in [3.05, 3.63) is 35.5 Å². The molecule has 0 spiro atoms. The fourth-order valence-electron chi connectivity index (χ4n) is 6.93. The predicted octanol–water partition coefficient (Wildman–Crippen LogP) is 4.18. The molecule has 1 heterocycles. The second-order valence-electron chi connectivity index (χ2n) is 9.84. The molecule has 0 radical (unpaired) electrons. The van der Waals surface area contributed by atoms with Crippen molar-refractivity contribution < 1.29 is 19.4 Å². The minimum absolute atomic E-state index is 0.129. The van der Waals surface area contributed by atoms with Gasteiger partial charge in [0.25, 0.3) is 0 Å². The number of aryl methyl sites for hydroxylation is 1. The van der Waals surface area contributed by atoms with Gasteiger partial charge in [0.1, 0.15) is 0 Å². The minimum atomic E-state index is -0.582. The van der Waals surface area contributed by atoms with Crippen molar-refractivity contribution >= 4 is 22.7 Å². The Kier molecular flexibility index (Phi) is 4.35. The molecule has 0 saturated heterocycles. The van der Waals surface area contributed by atoms with Crippen molar-refractivity contribution in [2.24, 2.45) is 17.3 Å². The molecule has 4 bridgehead atoms. The van der Waals surface area contributed by atoms with Crippen LogP contribution in [-0.4, -0.2) is 34.1 Å². The first-order valence-electron chi connectivity index (χ1n) is 10.9. The summed E-state index contributed by atoms with van der Waals surface area (Å²) in [6.45, 7) is 1.86. The Morgan fingerprint density at radius 3 is 2.66 bits per heavy atom. The molecule has 29 heavy (non-hydrogen) atoms. The van der Waals surface area contributed by atoms with E-state index in [0.29, 0.717) is 30.2 Å². The number of H-pyrrole nitrogens is 1. The van der Waals surface area contributed by atoms with Crippen molar-refractivity contribution in [3.8, 4) is 0 Å². The van der Waals surface area contributed by atoms with Gasteiger partial charge in [-0.15, -0.1) is 0 Å². The highest BCUT2D eigenvalue weighted by atomic mass is 16.5. The number of rotatable bonds is 6. The van der Waals surface area contributed by atoms with Crippen LogP contribution in [0.4, 0.5) is 0 Å². The smallest absolute Gasteiger partial charge is 0.306 e. The number of Topliss-reactive ketones (excluding diaryl/α,β-unsaturated/α-hetero) is 1. The van der Waals surface area contributed by atoms with Gasteiger partial charge in [0.05, 0.1) is 12.0 Å². The highest BCUT2D eigenvalue weighted by Gasteiger charge is 2.57. The quantitative estimate of drug-likeness (QED) is 0.568. The number of ether oxygens (including phenoxy) is 1. The van der Waals surface area contributed by atoms with E-state index in [2.05, 4.69) is 11.9 Å². The molecule has 6 rings (SSSR count). The lowest BCUT2D eigenvalue weighted by atomic mass is 9.47. The third kappa shape index (κ3) is 3.29. The average molecular weight is 395 g/mol. The van der Waals surface area contributed by atoms with E-state index in [-0.39, 0.29) is 23.8 Å². The van der Waals surface area contributed by atoms with Gasteiger partial charge in [0.2, 0.25) is 5.78 Å². The zero-order valence-corrected chi connectivity index (χ0v) is 17.0. The number of carbonyl (C=O) groups is 2. The molecular weight excluding hydrogens is 366 g/mol. The topological polar surface area (TPSA) is 79.4 Å². The third-order valence-corrected chi connectivity index (χ3v) is 7.52. The molecule has 4 atom stereocenters. The zero-order valence-electron chi connectivity index (χ0n) is 17.0. The molecule has 5 heteroatoms. The van der Waals surface area contributed by atoms with Crippen LogP contribution in [0.5, 0.6) is 0 Å². The van der Waals surface area contributed by atoms with Gasteiger partial charge in [0.15, 0.2) is 6.61 Å². The largest absolute Gasteiger partial charge is 0.457 e. The fraction of sp³-hybridized carbons (Fsp3) is 0.583. The molecule has 1 aromatic carbocycles. The van der Waals surface area contributed by atoms with Crippen LogP contribution in [-0.2, 0) is 16.0 Å². The highest BCUT2D eigenvalue weighted by Crippen LogP contribution is 2.62. The Hall–Kier alpha value is -2.14. The first kappa shape index (κ1) is 18.9. The molecule has 2 N–H and O–H groups in total. The second-order valence-corrected chi connectivity index (χ2v) is 9.84.